The second-order valence-electron chi connectivity index (χ2n) is 5.89. The Hall–Kier alpha value is -1.49. The van der Waals surface area contributed by atoms with Crippen LogP contribution in [-0.2, 0) is 0 Å². The summed E-state index contributed by atoms with van der Waals surface area (Å²) in [6.45, 7) is 3.92. The Morgan fingerprint density at radius 2 is 2.24 bits per heavy atom. The quantitative estimate of drug-likeness (QED) is 0.618. The largest absolute Gasteiger partial charge is 0.476 e. The van der Waals surface area contributed by atoms with E-state index >= 15 is 0 Å². The minimum Gasteiger partial charge on any atom is -0.476 e. The molecule has 0 aromatic carbocycles. The maximum atomic E-state index is 9.09. The van der Waals surface area contributed by atoms with Crippen LogP contribution in [0.15, 0.2) is 12.1 Å². The van der Waals surface area contributed by atoms with Crippen molar-refractivity contribution in [3.05, 3.63) is 12.1 Å². The second-order valence-corrected chi connectivity index (χ2v) is 5.89. The Labute approximate surface area is 126 Å². The molecule has 1 aromatic rings. The molecule has 1 aliphatic carbocycles. The lowest BCUT2D eigenvalue weighted by molar-refractivity contribution is 0.255. The van der Waals surface area contributed by atoms with E-state index in [1.807, 2.05) is 12.1 Å². The van der Waals surface area contributed by atoms with Crippen molar-refractivity contribution in [1.82, 2.24) is 4.98 Å². The van der Waals surface area contributed by atoms with E-state index in [4.69, 9.17) is 15.6 Å². The summed E-state index contributed by atoms with van der Waals surface area (Å²) in [4.78, 5) is 4.44. The van der Waals surface area contributed by atoms with Gasteiger partial charge in [-0.05, 0) is 49.7 Å². The van der Waals surface area contributed by atoms with Gasteiger partial charge in [0.25, 0.3) is 0 Å². The maximum Gasteiger partial charge on any atom is 0.239 e. The van der Waals surface area contributed by atoms with Gasteiger partial charge in [-0.2, -0.15) is 4.98 Å². The van der Waals surface area contributed by atoms with Crippen LogP contribution >= 0.6 is 0 Å². The Kier molecular flexibility index (Phi) is 6.11. The van der Waals surface area contributed by atoms with Crippen molar-refractivity contribution in [2.45, 2.75) is 39.0 Å². The average Bonchev–Trinajstić information content (AvgIpc) is 3.29. The molecule has 1 unspecified atom stereocenters. The summed E-state index contributed by atoms with van der Waals surface area (Å²) in [6, 6.07) is 3.71. The molecule has 1 aliphatic rings. The van der Waals surface area contributed by atoms with Gasteiger partial charge in [0.2, 0.25) is 5.88 Å². The lowest BCUT2D eigenvalue weighted by Gasteiger charge is -2.16. The van der Waals surface area contributed by atoms with E-state index in [1.54, 1.807) is 0 Å². The Balaban J connectivity index is 1.87. The van der Waals surface area contributed by atoms with Crippen LogP contribution in [0.25, 0.3) is 0 Å². The molecule has 21 heavy (non-hydrogen) atoms. The zero-order valence-corrected chi connectivity index (χ0v) is 12.8. The number of rotatable bonds is 10. The van der Waals surface area contributed by atoms with Gasteiger partial charge < -0.3 is 20.9 Å². The summed E-state index contributed by atoms with van der Waals surface area (Å²) in [5.41, 5.74) is 6.48. The topological polar surface area (TPSA) is 80.4 Å². The van der Waals surface area contributed by atoms with E-state index < -0.39 is 0 Å². The fourth-order valence-electron chi connectivity index (χ4n) is 2.33. The third-order valence-electron chi connectivity index (χ3n) is 3.85. The summed E-state index contributed by atoms with van der Waals surface area (Å²) in [6.07, 6.45) is 5.54. The third kappa shape index (κ3) is 5.42. The van der Waals surface area contributed by atoms with Crippen molar-refractivity contribution >= 4 is 11.5 Å². The summed E-state index contributed by atoms with van der Waals surface area (Å²) >= 11 is 0. The zero-order valence-electron chi connectivity index (χ0n) is 12.8. The molecule has 0 bridgehead atoms. The van der Waals surface area contributed by atoms with Crippen LogP contribution in [0.3, 0.4) is 0 Å². The first-order valence-electron chi connectivity index (χ1n) is 7.97. The smallest absolute Gasteiger partial charge is 0.239 e. The van der Waals surface area contributed by atoms with Crippen LogP contribution in [0.5, 0.6) is 5.88 Å². The van der Waals surface area contributed by atoms with E-state index in [0.29, 0.717) is 30.0 Å². The van der Waals surface area contributed by atoms with Gasteiger partial charge in [-0.1, -0.05) is 13.3 Å². The highest BCUT2D eigenvalue weighted by atomic mass is 16.5. The molecule has 0 spiro atoms. The molecule has 0 radical (unpaired) electrons. The summed E-state index contributed by atoms with van der Waals surface area (Å²) in [5, 5.41) is 12.4. The minimum atomic E-state index is 0.233. The predicted molar refractivity (Wildman–Crippen MR) is 85.5 cm³/mol. The fraction of sp³-hybridized carbons (Fsp3) is 0.688. The molecule has 5 nitrogen and oxygen atoms in total. The van der Waals surface area contributed by atoms with E-state index in [1.165, 1.54) is 12.8 Å². The number of aliphatic hydroxyl groups is 1. The van der Waals surface area contributed by atoms with Crippen LogP contribution in [0, 0.1) is 11.8 Å². The van der Waals surface area contributed by atoms with Crippen molar-refractivity contribution in [1.29, 1.82) is 0 Å². The number of ether oxygens (including phenoxy) is 1. The molecule has 1 atom stereocenters. The van der Waals surface area contributed by atoms with Crippen LogP contribution in [-0.4, -0.2) is 29.8 Å². The minimum absolute atomic E-state index is 0.233. The van der Waals surface area contributed by atoms with Crippen LogP contribution in [0.2, 0.25) is 0 Å². The monoisotopic (exact) mass is 293 g/mol. The highest BCUT2D eigenvalue weighted by Gasteiger charge is 2.22. The van der Waals surface area contributed by atoms with E-state index in [2.05, 4.69) is 17.2 Å². The summed E-state index contributed by atoms with van der Waals surface area (Å²) in [5.74, 6) is 2.46. The van der Waals surface area contributed by atoms with Crippen LogP contribution in [0.4, 0.5) is 11.5 Å². The highest BCUT2D eigenvalue weighted by molar-refractivity contribution is 5.53. The molecule has 4 N–H and O–H groups in total. The number of pyridine rings is 1. The van der Waals surface area contributed by atoms with Gasteiger partial charge in [0.15, 0.2) is 0 Å². The Bertz CT molecular complexity index is 430. The van der Waals surface area contributed by atoms with Gasteiger partial charge in [-0.3, -0.25) is 0 Å². The molecule has 1 aromatic heterocycles. The van der Waals surface area contributed by atoms with Crippen molar-refractivity contribution in [3.63, 3.8) is 0 Å². The van der Waals surface area contributed by atoms with Gasteiger partial charge in [0.05, 0.1) is 12.3 Å². The van der Waals surface area contributed by atoms with Gasteiger partial charge in [0.1, 0.15) is 5.82 Å². The SMILES string of the molecule is CCCC(CCO)CNc1ccc(N)c(OCC2CC2)n1. The number of nitrogens with one attached hydrogen (secondary N) is 1. The first-order valence-corrected chi connectivity index (χ1v) is 7.97. The van der Waals surface area contributed by atoms with Gasteiger partial charge in [-0.25, -0.2) is 0 Å². The number of nitrogen functional groups attached to an aromatic ring is 1. The van der Waals surface area contributed by atoms with Gasteiger partial charge in [0, 0.05) is 13.2 Å². The van der Waals surface area contributed by atoms with Gasteiger partial charge in [-0.15, -0.1) is 0 Å². The normalized spacial score (nSPS) is 15.7. The number of aliphatic hydroxyl groups excluding tert-OH is 1. The number of hydrogen-bond donors (Lipinski definition) is 3. The molecule has 0 saturated heterocycles. The molecule has 0 aliphatic heterocycles. The van der Waals surface area contributed by atoms with E-state index in [0.717, 1.165) is 31.6 Å². The average molecular weight is 293 g/mol. The molecule has 118 valence electrons. The highest BCUT2D eigenvalue weighted by Crippen LogP contribution is 2.30. The van der Waals surface area contributed by atoms with Crippen molar-refractivity contribution < 1.29 is 9.84 Å². The zero-order chi connectivity index (χ0) is 15.1. The number of hydrogen-bond acceptors (Lipinski definition) is 5. The molecular weight excluding hydrogens is 266 g/mol. The van der Waals surface area contributed by atoms with Crippen molar-refractivity contribution in [2.75, 3.05) is 30.8 Å². The Morgan fingerprint density at radius 3 is 2.90 bits per heavy atom. The van der Waals surface area contributed by atoms with Crippen LogP contribution in [0.1, 0.15) is 39.0 Å². The van der Waals surface area contributed by atoms with E-state index in [-0.39, 0.29) is 6.61 Å². The lowest BCUT2D eigenvalue weighted by atomic mass is 10.0. The first-order chi connectivity index (χ1) is 10.2. The summed E-state index contributed by atoms with van der Waals surface area (Å²) < 4.78 is 5.69. The number of nitrogens with zero attached hydrogens (tertiary/aromatic N) is 1. The van der Waals surface area contributed by atoms with Crippen LogP contribution < -0.4 is 15.8 Å². The molecular formula is C16H27N3O2. The molecule has 5 heteroatoms. The molecule has 2 rings (SSSR count). The standard InChI is InChI=1S/C16H27N3O2/c1-2-3-12(8-9-20)10-18-15-7-6-14(17)16(19-15)21-11-13-4-5-13/h6-7,12-13,20H,2-5,8-11,17H2,1H3,(H,18,19). The maximum absolute atomic E-state index is 9.09. The van der Waals surface area contributed by atoms with Crippen molar-refractivity contribution in [2.24, 2.45) is 11.8 Å². The molecule has 1 saturated carbocycles. The molecule has 0 amide bonds. The number of nitrogens with two attached hydrogens (primary N) is 1. The van der Waals surface area contributed by atoms with E-state index in [9.17, 15) is 0 Å². The number of anilines is 2. The Morgan fingerprint density at radius 1 is 1.43 bits per heavy atom. The summed E-state index contributed by atoms with van der Waals surface area (Å²) in [7, 11) is 0. The lowest BCUT2D eigenvalue weighted by Crippen LogP contribution is -2.16. The first kappa shape index (κ1) is 15.9. The fourth-order valence-corrected chi connectivity index (χ4v) is 2.33. The third-order valence-corrected chi connectivity index (χ3v) is 3.85. The van der Waals surface area contributed by atoms with Crippen molar-refractivity contribution in [3.8, 4) is 5.88 Å². The molecule has 1 fully saturated rings. The second kappa shape index (κ2) is 8.08. The molecule has 1 heterocycles. The predicted octanol–water partition coefficient (Wildman–Crippen LogP) is 2.66. The van der Waals surface area contributed by atoms with Gasteiger partial charge >= 0.3 is 0 Å². The number of aromatic nitrogens is 1.